The number of rotatable bonds is 9. The Balaban J connectivity index is 1.86. The summed E-state index contributed by atoms with van der Waals surface area (Å²) in [4.78, 5) is 11.0. The summed E-state index contributed by atoms with van der Waals surface area (Å²) in [6.07, 6.45) is 6.18. The van der Waals surface area contributed by atoms with Gasteiger partial charge in [0.2, 0.25) is 15.9 Å². The van der Waals surface area contributed by atoms with Crippen molar-refractivity contribution in [3.05, 3.63) is 23.8 Å². The van der Waals surface area contributed by atoms with Gasteiger partial charge in [0.15, 0.2) is 0 Å². The van der Waals surface area contributed by atoms with Crippen LogP contribution in [0.3, 0.4) is 0 Å². The summed E-state index contributed by atoms with van der Waals surface area (Å²) in [5.41, 5.74) is 0.682. The molecule has 140 valence electrons. The standard InChI is InChI=1S/C18H28N2O4S/c1-14-13-17(24-16-7-3-4-8-16)9-10-18(14)25(22,23)20-12-6-5-11-19-15(2)21/h9-10,13,16,20H,3-8,11-12H2,1-2H3,(H,19,21). The molecule has 0 aromatic heterocycles. The summed E-state index contributed by atoms with van der Waals surface area (Å²) in [7, 11) is -3.53. The number of benzene rings is 1. The first-order valence-electron chi connectivity index (χ1n) is 8.90. The van der Waals surface area contributed by atoms with Gasteiger partial charge in [0.05, 0.1) is 11.0 Å². The van der Waals surface area contributed by atoms with Gasteiger partial charge in [-0.05, 0) is 69.2 Å². The minimum absolute atomic E-state index is 0.0730. The topological polar surface area (TPSA) is 84.5 Å². The van der Waals surface area contributed by atoms with E-state index in [-0.39, 0.29) is 16.9 Å². The lowest BCUT2D eigenvalue weighted by molar-refractivity contribution is -0.118. The van der Waals surface area contributed by atoms with Crippen LogP contribution < -0.4 is 14.8 Å². The maximum atomic E-state index is 12.4. The maximum Gasteiger partial charge on any atom is 0.240 e. The first-order valence-corrected chi connectivity index (χ1v) is 10.4. The van der Waals surface area contributed by atoms with Crippen molar-refractivity contribution in [3.63, 3.8) is 0 Å². The second-order valence-corrected chi connectivity index (χ2v) is 8.27. The van der Waals surface area contributed by atoms with Crippen LogP contribution in [-0.2, 0) is 14.8 Å². The van der Waals surface area contributed by atoms with Gasteiger partial charge in [-0.25, -0.2) is 13.1 Å². The summed E-state index contributed by atoms with van der Waals surface area (Å²) in [6.45, 7) is 4.16. The third kappa shape index (κ3) is 6.32. The molecule has 1 aromatic rings. The molecule has 1 aliphatic rings. The molecule has 1 amide bonds. The van der Waals surface area contributed by atoms with Crippen molar-refractivity contribution in [1.82, 2.24) is 10.0 Å². The van der Waals surface area contributed by atoms with Crippen LogP contribution in [0.15, 0.2) is 23.1 Å². The predicted molar refractivity (Wildman–Crippen MR) is 97.2 cm³/mol. The molecular formula is C18H28N2O4S. The smallest absolute Gasteiger partial charge is 0.240 e. The second kappa shape index (κ2) is 9.20. The minimum atomic E-state index is -3.53. The van der Waals surface area contributed by atoms with E-state index in [1.807, 2.05) is 0 Å². The Morgan fingerprint density at radius 3 is 2.52 bits per heavy atom. The van der Waals surface area contributed by atoms with Crippen LogP contribution >= 0.6 is 0 Å². The van der Waals surface area contributed by atoms with Crippen LogP contribution in [0.2, 0.25) is 0 Å². The van der Waals surface area contributed by atoms with Gasteiger partial charge < -0.3 is 10.1 Å². The molecule has 0 bridgehead atoms. The highest BCUT2D eigenvalue weighted by Crippen LogP contribution is 2.26. The highest BCUT2D eigenvalue weighted by atomic mass is 32.2. The van der Waals surface area contributed by atoms with Crippen LogP contribution in [0.4, 0.5) is 0 Å². The molecule has 0 aliphatic heterocycles. The molecule has 1 aliphatic carbocycles. The predicted octanol–water partition coefficient (Wildman–Crippen LogP) is 2.51. The van der Waals surface area contributed by atoms with Gasteiger partial charge in [-0.3, -0.25) is 4.79 Å². The van der Waals surface area contributed by atoms with Crippen molar-refractivity contribution in [2.75, 3.05) is 13.1 Å². The summed E-state index contributed by atoms with van der Waals surface area (Å²) in [5.74, 6) is 0.662. The number of hydrogen-bond donors (Lipinski definition) is 2. The zero-order valence-electron chi connectivity index (χ0n) is 15.0. The van der Waals surface area contributed by atoms with Gasteiger partial charge in [-0.2, -0.15) is 0 Å². The lowest BCUT2D eigenvalue weighted by Crippen LogP contribution is -2.27. The number of aryl methyl sites for hydroxylation is 1. The molecule has 0 unspecified atom stereocenters. The third-order valence-electron chi connectivity index (χ3n) is 4.31. The zero-order valence-corrected chi connectivity index (χ0v) is 15.8. The van der Waals surface area contributed by atoms with Crippen molar-refractivity contribution >= 4 is 15.9 Å². The number of ether oxygens (including phenoxy) is 1. The minimum Gasteiger partial charge on any atom is -0.490 e. The first kappa shape index (κ1) is 19.7. The van der Waals surface area contributed by atoms with E-state index in [2.05, 4.69) is 10.0 Å². The Morgan fingerprint density at radius 1 is 1.20 bits per heavy atom. The Labute approximate surface area is 150 Å². The van der Waals surface area contributed by atoms with Gasteiger partial charge in [0, 0.05) is 20.0 Å². The highest BCUT2D eigenvalue weighted by Gasteiger charge is 2.19. The largest absolute Gasteiger partial charge is 0.490 e. The second-order valence-electron chi connectivity index (χ2n) is 6.54. The van der Waals surface area contributed by atoms with Crippen LogP contribution in [0, 0.1) is 6.92 Å². The Hall–Kier alpha value is -1.60. The molecule has 0 radical (unpaired) electrons. The molecule has 6 nitrogen and oxygen atoms in total. The number of carbonyl (C=O) groups excluding carboxylic acids is 1. The number of amides is 1. The van der Waals surface area contributed by atoms with E-state index < -0.39 is 10.0 Å². The molecular weight excluding hydrogens is 340 g/mol. The fraction of sp³-hybridized carbons (Fsp3) is 0.611. The van der Waals surface area contributed by atoms with Crippen LogP contribution in [0.25, 0.3) is 0 Å². The van der Waals surface area contributed by atoms with Crippen molar-refractivity contribution in [1.29, 1.82) is 0 Å². The van der Waals surface area contributed by atoms with Gasteiger partial charge in [-0.1, -0.05) is 0 Å². The lowest BCUT2D eigenvalue weighted by atomic mass is 10.2. The number of hydrogen-bond acceptors (Lipinski definition) is 4. The molecule has 0 spiro atoms. The van der Waals surface area contributed by atoms with E-state index >= 15 is 0 Å². The number of unbranched alkanes of at least 4 members (excludes halogenated alkanes) is 1. The maximum absolute atomic E-state index is 12.4. The quantitative estimate of drug-likeness (QED) is 0.656. The highest BCUT2D eigenvalue weighted by molar-refractivity contribution is 7.89. The molecule has 2 N–H and O–H groups in total. The SMILES string of the molecule is CC(=O)NCCCCNS(=O)(=O)c1ccc(OC2CCCC2)cc1C. The van der Waals surface area contributed by atoms with Crippen molar-refractivity contribution in [3.8, 4) is 5.75 Å². The van der Waals surface area contributed by atoms with Crippen LogP contribution in [0.1, 0.15) is 51.0 Å². The zero-order chi connectivity index (χ0) is 18.3. The Kier molecular flexibility index (Phi) is 7.25. The Bertz CT molecular complexity index is 682. The molecule has 1 saturated carbocycles. The van der Waals surface area contributed by atoms with Gasteiger partial charge in [-0.15, -0.1) is 0 Å². The van der Waals surface area contributed by atoms with E-state index in [4.69, 9.17) is 4.74 Å². The molecule has 2 rings (SSSR count). The summed E-state index contributed by atoms with van der Waals surface area (Å²) < 4.78 is 33.4. The van der Waals surface area contributed by atoms with E-state index in [1.54, 1.807) is 25.1 Å². The van der Waals surface area contributed by atoms with Crippen LogP contribution in [-0.4, -0.2) is 33.5 Å². The van der Waals surface area contributed by atoms with E-state index in [9.17, 15) is 13.2 Å². The van der Waals surface area contributed by atoms with Gasteiger partial charge in [0.1, 0.15) is 5.75 Å². The van der Waals surface area contributed by atoms with Gasteiger partial charge in [0.25, 0.3) is 0 Å². The van der Waals surface area contributed by atoms with E-state index in [0.29, 0.717) is 25.1 Å². The fourth-order valence-electron chi connectivity index (χ4n) is 2.99. The van der Waals surface area contributed by atoms with E-state index in [1.165, 1.54) is 19.8 Å². The molecule has 0 heterocycles. The van der Waals surface area contributed by atoms with Crippen LogP contribution in [0.5, 0.6) is 5.75 Å². The van der Waals surface area contributed by atoms with Crippen molar-refractivity contribution in [2.24, 2.45) is 0 Å². The summed E-state index contributed by atoms with van der Waals surface area (Å²) in [6, 6.07) is 5.14. The van der Waals surface area contributed by atoms with Crippen molar-refractivity contribution in [2.45, 2.75) is 63.4 Å². The number of nitrogens with one attached hydrogen (secondary N) is 2. The van der Waals surface area contributed by atoms with E-state index in [0.717, 1.165) is 25.0 Å². The molecule has 0 atom stereocenters. The first-order chi connectivity index (χ1) is 11.9. The van der Waals surface area contributed by atoms with Crippen molar-refractivity contribution < 1.29 is 17.9 Å². The number of carbonyl (C=O) groups is 1. The summed E-state index contributed by atoms with van der Waals surface area (Å²) in [5, 5.41) is 2.69. The average molecular weight is 368 g/mol. The third-order valence-corrected chi connectivity index (χ3v) is 5.93. The number of sulfonamides is 1. The Morgan fingerprint density at radius 2 is 1.88 bits per heavy atom. The molecule has 0 saturated heterocycles. The molecule has 1 aromatic carbocycles. The monoisotopic (exact) mass is 368 g/mol. The average Bonchev–Trinajstić information content (AvgIpc) is 3.03. The molecule has 7 heteroatoms. The normalized spacial score (nSPS) is 15.3. The molecule has 25 heavy (non-hydrogen) atoms. The lowest BCUT2D eigenvalue weighted by Gasteiger charge is -2.15. The van der Waals surface area contributed by atoms with Gasteiger partial charge >= 0.3 is 0 Å². The fourth-order valence-corrected chi connectivity index (χ4v) is 4.29. The molecule has 1 fully saturated rings. The summed E-state index contributed by atoms with van der Waals surface area (Å²) >= 11 is 0.